The number of amides is 1. The average molecular weight is 376 g/mol. The molecule has 0 aliphatic heterocycles. The number of fused-ring (bicyclic) bond motifs is 2. The van der Waals surface area contributed by atoms with Gasteiger partial charge in [0.1, 0.15) is 17.1 Å². The van der Waals surface area contributed by atoms with E-state index in [1.807, 2.05) is 0 Å². The van der Waals surface area contributed by atoms with Crippen LogP contribution in [0.25, 0.3) is 21.8 Å². The molecule has 0 aliphatic carbocycles. The predicted octanol–water partition coefficient (Wildman–Crippen LogP) is 1.65. The third kappa shape index (κ3) is 2.54. The van der Waals surface area contributed by atoms with Gasteiger partial charge in [0.25, 0.3) is 17.0 Å². The van der Waals surface area contributed by atoms with E-state index in [0.717, 1.165) is 4.68 Å². The Hall–Kier alpha value is -3.94. The van der Waals surface area contributed by atoms with E-state index in [4.69, 9.17) is 0 Å². The maximum atomic E-state index is 12.8. The fraction of sp³-hybridized carbons (Fsp3) is 0.100. The average Bonchev–Trinajstić information content (AvgIpc) is 2.69. The molecule has 2 aromatic heterocycles. The van der Waals surface area contributed by atoms with E-state index in [2.05, 4.69) is 10.4 Å². The zero-order valence-electron chi connectivity index (χ0n) is 15.1. The second-order valence-electron chi connectivity index (χ2n) is 6.36. The smallest absolute Gasteiger partial charge is 0.280 e. The van der Waals surface area contributed by atoms with Crippen molar-refractivity contribution in [1.82, 2.24) is 14.2 Å². The lowest BCUT2D eigenvalue weighted by molar-refractivity contribution is 0.100. The molecule has 2 N–H and O–H groups in total. The third-order valence-corrected chi connectivity index (χ3v) is 4.66. The van der Waals surface area contributed by atoms with Crippen LogP contribution in [0.1, 0.15) is 16.2 Å². The van der Waals surface area contributed by atoms with Gasteiger partial charge < -0.3 is 9.67 Å². The van der Waals surface area contributed by atoms with E-state index in [9.17, 15) is 19.5 Å². The van der Waals surface area contributed by atoms with Crippen LogP contribution in [0.5, 0.6) is 5.75 Å². The number of pyridine rings is 1. The highest BCUT2D eigenvalue weighted by molar-refractivity contribution is 6.06. The molecule has 28 heavy (non-hydrogen) atoms. The van der Waals surface area contributed by atoms with Gasteiger partial charge in [-0.15, -0.1) is 0 Å². The molecule has 8 heteroatoms. The Morgan fingerprint density at radius 1 is 1.00 bits per heavy atom. The Labute approximate surface area is 158 Å². The Morgan fingerprint density at radius 2 is 1.64 bits per heavy atom. The molecule has 4 aromatic rings. The number of carbonyl (C=O) groups is 1. The molecule has 0 bridgehead atoms. The minimum absolute atomic E-state index is 0.245. The maximum Gasteiger partial charge on any atom is 0.280 e. The topological polar surface area (TPSA) is 106 Å². The molecular formula is C20H16N4O4. The molecule has 0 aliphatic rings. The number of benzene rings is 2. The number of aromatic hydroxyl groups is 1. The van der Waals surface area contributed by atoms with Gasteiger partial charge in [0.2, 0.25) is 0 Å². The Bertz CT molecular complexity index is 1390. The molecule has 1 amide bonds. The highest BCUT2D eigenvalue weighted by atomic mass is 16.3. The normalized spacial score (nSPS) is 11.1. The van der Waals surface area contributed by atoms with Crippen molar-refractivity contribution < 1.29 is 9.90 Å². The van der Waals surface area contributed by atoms with Crippen LogP contribution in [0.4, 0.5) is 0 Å². The van der Waals surface area contributed by atoms with Crippen LogP contribution < -0.4 is 16.5 Å². The summed E-state index contributed by atoms with van der Waals surface area (Å²) in [6.07, 6.45) is 0. The van der Waals surface area contributed by atoms with Gasteiger partial charge in [-0.05, 0) is 31.2 Å². The monoisotopic (exact) mass is 376 g/mol. The highest BCUT2D eigenvalue weighted by Gasteiger charge is 2.22. The highest BCUT2D eigenvalue weighted by Crippen LogP contribution is 2.25. The summed E-state index contributed by atoms with van der Waals surface area (Å²) in [6, 6.07) is 13.4. The standard InChI is InChI=1S/C20H16N4O4/c1-11-21-14-9-5-3-7-12(14)19(27)24(11)22-18(26)16-17(25)13-8-4-6-10-15(13)23(2)20(16)28/h3-10,25H,1-2H3,(H,22,26). The molecule has 4 rings (SSSR count). The van der Waals surface area contributed by atoms with Crippen LogP contribution in [-0.4, -0.2) is 25.2 Å². The van der Waals surface area contributed by atoms with E-state index < -0.39 is 28.3 Å². The van der Waals surface area contributed by atoms with Crippen LogP contribution in [0.2, 0.25) is 0 Å². The van der Waals surface area contributed by atoms with Crippen molar-refractivity contribution in [3.8, 4) is 5.75 Å². The van der Waals surface area contributed by atoms with E-state index in [1.54, 1.807) is 55.5 Å². The second kappa shape index (κ2) is 6.34. The molecule has 0 spiro atoms. The lowest BCUT2D eigenvalue weighted by atomic mass is 10.1. The number of nitrogens with one attached hydrogen (secondary N) is 1. The summed E-state index contributed by atoms with van der Waals surface area (Å²) in [6.45, 7) is 1.56. The van der Waals surface area contributed by atoms with Crippen LogP contribution >= 0.6 is 0 Å². The van der Waals surface area contributed by atoms with Crippen LogP contribution in [0.15, 0.2) is 58.1 Å². The molecule has 0 saturated carbocycles. The summed E-state index contributed by atoms with van der Waals surface area (Å²) in [7, 11) is 1.51. The van der Waals surface area contributed by atoms with Crippen molar-refractivity contribution in [2.75, 3.05) is 5.43 Å². The van der Waals surface area contributed by atoms with Gasteiger partial charge in [-0.3, -0.25) is 19.8 Å². The number of carbonyl (C=O) groups excluding carboxylic acids is 1. The summed E-state index contributed by atoms with van der Waals surface area (Å²) < 4.78 is 2.25. The molecule has 140 valence electrons. The van der Waals surface area contributed by atoms with Crippen molar-refractivity contribution in [2.45, 2.75) is 6.92 Å². The minimum atomic E-state index is -0.897. The first kappa shape index (κ1) is 17.5. The fourth-order valence-corrected chi connectivity index (χ4v) is 3.22. The number of aromatic nitrogens is 3. The lowest BCUT2D eigenvalue weighted by Gasteiger charge is -2.14. The van der Waals surface area contributed by atoms with Gasteiger partial charge in [-0.1, -0.05) is 24.3 Å². The molecule has 0 atom stereocenters. The Morgan fingerprint density at radius 3 is 2.39 bits per heavy atom. The summed E-state index contributed by atoms with van der Waals surface area (Å²) in [5, 5.41) is 11.2. The van der Waals surface area contributed by atoms with Gasteiger partial charge in [0, 0.05) is 12.4 Å². The minimum Gasteiger partial charge on any atom is -0.506 e. The third-order valence-electron chi connectivity index (χ3n) is 4.66. The first-order chi connectivity index (χ1) is 13.4. The Balaban J connectivity index is 1.88. The van der Waals surface area contributed by atoms with Crippen LogP contribution in [0, 0.1) is 6.92 Å². The number of hydrogen-bond acceptors (Lipinski definition) is 5. The summed E-state index contributed by atoms with van der Waals surface area (Å²) in [5.74, 6) is -1.09. The maximum absolute atomic E-state index is 12.8. The molecule has 0 radical (unpaired) electrons. The first-order valence-corrected chi connectivity index (χ1v) is 8.50. The summed E-state index contributed by atoms with van der Waals surface area (Å²) in [4.78, 5) is 42.5. The van der Waals surface area contributed by atoms with E-state index >= 15 is 0 Å². The zero-order valence-corrected chi connectivity index (χ0v) is 15.1. The van der Waals surface area contributed by atoms with Crippen molar-refractivity contribution in [1.29, 1.82) is 0 Å². The van der Waals surface area contributed by atoms with Gasteiger partial charge in [-0.25, -0.2) is 9.66 Å². The van der Waals surface area contributed by atoms with Gasteiger partial charge >= 0.3 is 0 Å². The molecule has 2 aromatic carbocycles. The SMILES string of the molecule is Cc1nc2ccccc2c(=O)n1NC(=O)c1c(O)c2ccccc2n(C)c1=O. The number of para-hydroxylation sites is 2. The molecular weight excluding hydrogens is 360 g/mol. The van der Waals surface area contributed by atoms with Gasteiger partial charge in [-0.2, -0.15) is 0 Å². The number of aryl methyl sites for hydroxylation is 2. The van der Waals surface area contributed by atoms with Crippen molar-refractivity contribution in [2.24, 2.45) is 7.05 Å². The molecule has 0 unspecified atom stereocenters. The zero-order chi connectivity index (χ0) is 20.0. The van der Waals surface area contributed by atoms with Crippen molar-refractivity contribution in [3.63, 3.8) is 0 Å². The van der Waals surface area contributed by atoms with Crippen LogP contribution in [0.3, 0.4) is 0 Å². The van der Waals surface area contributed by atoms with E-state index in [-0.39, 0.29) is 5.82 Å². The van der Waals surface area contributed by atoms with E-state index in [1.165, 1.54) is 11.6 Å². The van der Waals surface area contributed by atoms with Gasteiger partial charge in [0.15, 0.2) is 0 Å². The predicted molar refractivity (Wildman–Crippen MR) is 105 cm³/mol. The lowest BCUT2D eigenvalue weighted by Crippen LogP contribution is -2.38. The Kier molecular flexibility index (Phi) is 3.96. The quantitative estimate of drug-likeness (QED) is 0.553. The van der Waals surface area contributed by atoms with E-state index in [0.29, 0.717) is 21.8 Å². The first-order valence-electron chi connectivity index (χ1n) is 8.50. The molecule has 0 fully saturated rings. The summed E-state index contributed by atoms with van der Waals surface area (Å²) >= 11 is 0. The molecule has 0 saturated heterocycles. The number of hydrogen-bond donors (Lipinski definition) is 2. The fourth-order valence-electron chi connectivity index (χ4n) is 3.22. The largest absolute Gasteiger partial charge is 0.506 e. The number of rotatable bonds is 2. The van der Waals surface area contributed by atoms with Crippen LogP contribution in [-0.2, 0) is 7.05 Å². The van der Waals surface area contributed by atoms with Crippen molar-refractivity contribution in [3.05, 3.63) is 80.6 Å². The molecule has 2 heterocycles. The number of nitrogens with zero attached hydrogens (tertiary/aromatic N) is 3. The second-order valence-corrected chi connectivity index (χ2v) is 6.36. The van der Waals surface area contributed by atoms with Crippen molar-refractivity contribution >= 4 is 27.7 Å². The summed E-state index contributed by atoms with van der Waals surface area (Å²) in [5.41, 5.74) is 1.78. The van der Waals surface area contributed by atoms with Gasteiger partial charge in [0.05, 0.1) is 16.4 Å². The molecule has 8 nitrogen and oxygen atoms in total.